The third kappa shape index (κ3) is 5.30. The van der Waals surface area contributed by atoms with Gasteiger partial charge in [0.05, 0.1) is 0 Å². The highest BCUT2D eigenvalue weighted by atomic mass is 127. The van der Waals surface area contributed by atoms with Crippen molar-refractivity contribution >= 4 is 22.6 Å². The highest BCUT2D eigenvalue weighted by molar-refractivity contribution is 14.1. The monoisotopic (exact) mass is 331 g/mol. The van der Waals surface area contributed by atoms with Crippen molar-refractivity contribution in [3.8, 4) is 0 Å². The van der Waals surface area contributed by atoms with Gasteiger partial charge in [-0.05, 0) is 59.5 Å². The van der Waals surface area contributed by atoms with Crippen LogP contribution < -0.4 is 5.32 Å². The Morgan fingerprint density at radius 2 is 1.81 bits per heavy atom. The van der Waals surface area contributed by atoms with Crippen LogP contribution in [0.5, 0.6) is 0 Å². The first-order valence-electron chi connectivity index (χ1n) is 6.09. The maximum absolute atomic E-state index is 3.58. The lowest BCUT2D eigenvalue weighted by molar-refractivity contribution is 0.412. The van der Waals surface area contributed by atoms with Crippen LogP contribution in [0.3, 0.4) is 0 Å². The summed E-state index contributed by atoms with van der Waals surface area (Å²) in [6, 6.07) is 9.33. The van der Waals surface area contributed by atoms with Crippen molar-refractivity contribution in [2.75, 3.05) is 0 Å². The topological polar surface area (TPSA) is 12.0 Å². The van der Waals surface area contributed by atoms with E-state index in [4.69, 9.17) is 0 Å². The van der Waals surface area contributed by atoms with Gasteiger partial charge in [0.2, 0.25) is 0 Å². The molecule has 1 aromatic carbocycles. The number of nitrogens with one attached hydrogen (secondary N) is 1. The van der Waals surface area contributed by atoms with Crippen molar-refractivity contribution < 1.29 is 0 Å². The molecule has 0 aromatic heterocycles. The molecule has 0 radical (unpaired) electrons. The van der Waals surface area contributed by atoms with Gasteiger partial charge in [0.15, 0.2) is 0 Å². The summed E-state index contributed by atoms with van der Waals surface area (Å²) in [5, 5.41) is 3.58. The van der Waals surface area contributed by atoms with Crippen LogP contribution in [-0.4, -0.2) is 6.04 Å². The van der Waals surface area contributed by atoms with Crippen LogP contribution in [0.4, 0.5) is 0 Å². The summed E-state index contributed by atoms with van der Waals surface area (Å²) in [7, 11) is 0. The highest BCUT2D eigenvalue weighted by Gasteiger charge is 2.06. The molecule has 1 N–H and O–H groups in total. The van der Waals surface area contributed by atoms with Crippen molar-refractivity contribution in [3.63, 3.8) is 0 Å². The molecular formula is C14H22IN. The Kier molecular flexibility index (Phi) is 6.36. The number of benzene rings is 1. The molecule has 0 spiro atoms. The first kappa shape index (κ1) is 14.0. The number of halogens is 1. The van der Waals surface area contributed by atoms with Crippen LogP contribution in [0.1, 0.15) is 39.2 Å². The van der Waals surface area contributed by atoms with E-state index in [1.54, 1.807) is 0 Å². The molecule has 2 unspecified atom stereocenters. The SMILES string of the molecule is CCC(C)CC(C)NCc1ccc(I)cc1. The van der Waals surface area contributed by atoms with E-state index in [1.165, 1.54) is 22.0 Å². The molecule has 0 saturated carbocycles. The van der Waals surface area contributed by atoms with Gasteiger partial charge in [-0.15, -0.1) is 0 Å². The van der Waals surface area contributed by atoms with Crippen molar-refractivity contribution in [3.05, 3.63) is 33.4 Å². The van der Waals surface area contributed by atoms with E-state index in [2.05, 4.69) is 72.9 Å². The zero-order valence-electron chi connectivity index (χ0n) is 10.5. The lowest BCUT2D eigenvalue weighted by atomic mass is 10.0. The Morgan fingerprint density at radius 3 is 2.38 bits per heavy atom. The molecule has 0 fully saturated rings. The van der Waals surface area contributed by atoms with Gasteiger partial charge in [0.25, 0.3) is 0 Å². The summed E-state index contributed by atoms with van der Waals surface area (Å²) in [5.74, 6) is 0.819. The maximum atomic E-state index is 3.58. The molecule has 0 aliphatic heterocycles. The van der Waals surface area contributed by atoms with E-state index in [1.807, 2.05) is 0 Å². The Hall–Kier alpha value is -0.0900. The molecule has 1 rings (SSSR count). The normalized spacial score (nSPS) is 14.8. The molecule has 0 saturated heterocycles. The Bertz CT molecular complexity index is 294. The van der Waals surface area contributed by atoms with Crippen molar-refractivity contribution in [2.24, 2.45) is 5.92 Å². The first-order valence-corrected chi connectivity index (χ1v) is 7.17. The molecule has 0 aliphatic rings. The van der Waals surface area contributed by atoms with Gasteiger partial charge >= 0.3 is 0 Å². The average Bonchev–Trinajstić information content (AvgIpc) is 2.28. The predicted molar refractivity (Wildman–Crippen MR) is 79.5 cm³/mol. The summed E-state index contributed by atoms with van der Waals surface area (Å²) in [4.78, 5) is 0. The highest BCUT2D eigenvalue weighted by Crippen LogP contribution is 2.11. The second-order valence-corrected chi connectivity index (χ2v) is 5.90. The Balaban J connectivity index is 2.31. The van der Waals surface area contributed by atoms with Gasteiger partial charge in [-0.25, -0.2) is 0 Å². The minimum atomic E-state index is 0.606. The van der Waals surface area contributed by atoms with E-state index < -0.39 is 0 Å². The van der Waals surface area contributed by atoms with Gasteiger partial charge in [-0.2, -0.15) is 0 Å². The van der Waals surface area contributed by atoms with Gasteiger partial charge < -0.3 is 5.32 Å². The largest absolute Gasteiger partial charge is 0.310 e. The fourth-order valence-electron chi connectivity index (χ4n) is 1.75. The van der Waals surface area contributed by atoms with Crippen LogP contribution in [0, 0.1) is 9.49 Å². The quantitative estimate of drug-likeness (QED) is 0.770. The average molecular weight is 331 g/mol. The van der Waals surface area contributed by atoms with E-state index in [0.717, 1.165) is 12.5 Å². The second kappa shape index (κ2) is 7.28. The van der Waals surface area contributed by atoms with Crippen LogP contribution >= 0.6 is 22.6 Å². The fourth-order valence-corrected chi connectivity index (χ4v) is 2.11. The number of hydrogen-bond acceptors (Lipinski definition) is 1. The van der Waals surface area contributed by atoms with E-state index in [9.17, 15) is 0 Å². The fraction of sp³-hybridized carbons (Fsp3) is 0.571. The lowest BCUT2D eigenvalue weighted by Gasteiger charge is -2.17. The minimum Gasteiger partial charge on any atom is -0.310 e. The summed E-state index contributed by atoms with van der Waals surface area (Å²) in [6.07, 6.45) is 2.54. The predicted octanol–water partition coefficient (Wildman–Crippen LogP) is 4.21. The van der Waals surface area contributed by atoms with E-state index >= 15 is 0 Å². The lowest BCUT2D eigenvalue weighted by Crippen LogP contribution is -2.27. The third-order valence-corrected chi connectivity index (χ3v) is 3.74. The smallest absolute Gasteiger partial charge is 0.0207 e. The zero-order chi connectivity index (χ0) is 12.0. The van der Waals surface area contributed by atoms with Gasteiger partial charge in [-0.1, -0.05) is 32.4 Å². The molecule has 2 heteroatoms. The summed E-state index contributed by atoms with van der Waals surface area (Å²) in [5.41, 5.74) is 1.37. The van der Waals surface area contributed by atoms with Crippen molar-refractivity contribution in [2.45, 2.75) is 46.2 Å². The summed E-state index contributed by atoms with van der Waals surface area (Å²) < 4.78 is 1.30. The Labute approximate surface area is 113 Å². The molecule has 1 aromatic rings. The molecule has 0 amide bonds. The third-order valence-electron chi connectivity index (χ3n) is 3.02. The zero-order valence-corrected chi connectivity index (χ0v) is 12.6. The van der Waals surface area contributed by atoms with Crippen LogP contribution in [0.15, 0.2) is 24.3 Å². The second-order valence-electron chi connectivity index (χ2n) is 4.66. The molecular weight excluding hydrogens is 309 g/mol. The van der Waals surface area contributed by atoms with Gasteiger partial charge in [0, 0.05) is 16.2 Å². The molecule has 0 aliphatic carbocycles. The van der Waals surface area contributed by atoms with Crippen LogP contribution in [-0.2, 0) is 6.54 Å². The molecule has 1 nitrogen and oxygen atoms in total. The number of rotatable bonds is 6. The van der Waals surface area contributed by atoms with Gasteiger partial charge in [-0.3, -0.25) is 0 Å². The molecule has 90 valence electrons. The number of hydrogen-bond donors (Lipinski definition) is 1. The van der Waals surface area contributed by atoms with Crippen molar-refractivity contribution in [1.82, 2.24) is 5.32 Å². The Morgan fingerprint density at radius 1 is 1.19 bits per heavy atom. The summed E-state index contributed by atoms with van der Waals surface area (Å²) >= 11 is 2.34. The maximum Gasteiger partial charge on any atom is 0.0207 e. The molecule has 0 heterocycles. The first-order chi connectivity index (χ1) is 7.61. The van der Waals surface area contributed by atoms with E-state index in [-0.39, 0.29) is 0 Å². The standard InChI is InChI=1S/C14H22IN/c1-4-11(2)9-12(3)16-10-13-5-7-14(15)8-6-13/h5-8,11-12,16H,4,9-10H2,1-3H3. The molecule has 0 bridgehead atoms. The summed E-state index contributed by atoms with van der Waals surface area (Å²) in [6.45, 7) is 7.84. The van der Waals surface area contributed by atoms with Crippen LogP contribution in [0.25, 0.3) is 0 Å². The van der Waals surface area contributed by atoms with Crippen molar-refractivity contribution in [1.29, 1.82) is 0 Å². The van der Waals surface area contributed by atoms with Gasteiger partial charge in [0.1, 0.15) is 0 Å². The van der Waals surface area contributed by atoms with E-state index in [0.29, 0.717) is 6.04 Å². The molecule has 2 atom stereocenters. The molecule has 16 heavy (non-hydrogen) atoms. The minimum absolute atomic E-state index is 0.606. The van der Waals surface area contributed by atoms with Crippen LogP contribution in [0.2, 0.25) is 0 Å².